The van der Waals surface area contributed by atoms with Crippen LogP contribution in [0.5, 0.6) is 0 Å². The molecule has 0 fully saturated rings. The summed E-state index contributed by atoms with van der Waals surface area (Å²) in [5.74, 6) is -11.8. The van der Waals surface area contributed by atoms with Crippen LogP contribution in [0, 0.1) is 0 Å². The zero-order valence-corrected chi connectivity index (χ0v) is 12.6. The van der Waals surface area contributed by atoms with Crippen molar-refractivity contribution in [1.82, 2.24) is 0 Å². The summed E-state index contributed by atoms with van der Waals surface area (Å²) >= 11 is 0. The van der Waals surface area contributed by atoms with Gasteiger partial charge >= 0.3 is 25.8 Å². The van der Waals surface area contributed by atoms with Gasteiger partial charge in [-0.1, -0.05) is 13.3 Å². The highest BCUT2D eigenvalue weighted by Gasteiger charge is 2.72. The number of rotatable bonds is 9. The lowest BCUT2D eigenvalue weighted by Gasteiger charge is -2.30. The summed E-state index contributed by atoms with van der Waals surface area (Å²) in [6, 6.07) is 0. The smallest absolute Gasteiger partial charge is 0.302 e. The Balaban J connectivity index is 4.77. The third-order valence-electron chi connectivity index (χ3n) is 2.42. The molecule has 0 aliphatic rings. The summed E-state index contributed by atoms with van der Waals surface area (Å²) in [4.78, 5) is 9.13. The van der Waals surface area contributed by atoms with Gasteiger partial charge in [-0.3, -0.25) is 9.05 Å². The van der Waals surface area contributed by atoms with E-state index in [1.807, 2.05) is 0 Å². The lowest BCUT2D eigenvalue weighted by atomic mass is 10.1. The number of hydrogen-bond acceptors (Lipinski definition) is 3. The maximum absolute atomic E-state index is 13.1. The van der Waals surface area contributed by atoms with Crippen LogP contribution >= 0.6 is 7.82 Å². The molecule has 0 saturated carbocycles. The second kappa shape index (κ2) is 7.46. The van der Waals surface area contributed by atoms with E-state index in [0.717, 1.165) is 0 Å². The average Bonchev–Trinajstić information content (AvgIpc) is 2.25. The first-order chi connectivity index (χ1) is 9.66. The maximum atomic E-state index is 13.1. The summed E-state index contributed by atoms with van der Waals surface area (Å²) < 4.78 is 107. The molecule has 0 aromatic rings. The Morgan fingerprint density at radius 3 is 2.05 bits per heavy atom. The van der Waals surface area contributed by atoms with E-state index in [-0.39, 0.29) is 6.61 Å². The summed E-state index contributed by atoms with van der Waals surface area (Å²) in [7, 11) is -4.82. The number of alkyl halides is 7. The van der Waals surface area contributed by atoms with Crippen LogP contribution in [0.25, 0.3) is 0 Å². The van der Waals surface area contributed by atoms with Gasteiger partial charge in [-0.15, -0.1) is 0 Å². The monoisotopic (exact) mass is 364 g/mol. The molecule has 0 heterocycles. The fourth-order valence-electron chi connectivity index (χ4n) is 1.32. The maximum Gasteiger partial charge on any atom is 0.472 e. The third-order valence-corrected chi connectivity index (χ3v) is 3.56. The van der Waals surface area contributed by atoms with Crippen molar-refractivity contribution < 1.29 is 49.2 Å². The molecule has 2 unspecified atom stereocenters. The minimum atomic E-state index is -6.46. The van der Waals surface area contributed by atoms with Gasteiger partial charge in [0.2, 0.25) is 0 Å². The van der Waals surface area contributed by atoms with Gasteiger partial charge in [0.15, 0.2) is 0 Å². The Labute approximate surface area is 122 Å². The molecule has 0 spiro atoms. The fourth-order valence-corrected chi connectivity index (χ4v) is 2.27. The Hall–Kier alpha value is -0.380. The van der Waals surface area contributed by atoms with E-state index < -0.39 is 38.4 Å². The van der Waals surface area contributed by atoms with E-state index in [1.54, 1.807) is 6.92 Å². The van der Waals surface area contributed by atoms with E-state index in [1.165, 1.54) is 0 Å². The lowest BCUT2D eigenvalue weighted by Crippen LogP contribution is -2.53. The third kappa shape index (κ3) is 6.02. The molecular formula is C10H16F7O4P. The van der Waals surface area contributed by atoms with Gasteiger partial charge in [-0.2, -0.15) is 30.7 Å². The van der Waals surface area contributed by atoms with Crippen LogP contribution in [0.1, 0.15) is 33.1 Å². The Bertz CT molecular complexity index is 399. The molecule has 0 aliphatic carbocycles. The van der Waals surface area contributed by atoms with E-state index in [2.05, 4.69) is 9.05 Å². The molecule has 4 nitrogen and oxygen atoms in total. The zero-order chi connectivity index (χ0) is 17.8. The number of phosphoric acid groups is 1. The largest absolute Gasteiger partial charge is 0.472 e. The van der Waals surface area contributed by atoms with Crippen molar-refractivity contribution in [2.24, 2.45) is 0 Å². The van der Waals surface area contributed by atoms with Gasteiger partial charge in [-0.05, 0) is 13.3 Å². The van der Waals surface area contributed by atoms with E-state index in [4.69, 9.17) is 4.89 Å². The Morgan fingerprint density at radius 1 is 1.14 bits per heavy atom. The summed E-state index contributed by atoms with van der Waals surface area (Å²) in [6.45, 7) is 2.12. The summed E-state index contributed by atoms with van der Waals surface area (Å²) in [5.41, 5.74) is 0. The predicted octanol–water partition coefficient (Wildman–Crippen LogP) is 4.53. The SMILES string of the molecule is CCCCOP(=O)(O)OC(C)CC(F)(F)C(F)(F)C(F)(F)F. The van der Waals surface area contributed by atoms with E-state index >= 15 is 0 Å². The first-order valence-electron chi connectivity index (χ1n) is 6.14. The molecule has 0 bridgehead atoms. The van der Waals surface area contributed by atoms with Gasteiger partial charge < -0.3 is 4.89 Å². The van der Waals surface area contributed by atoms with E-state index in [9.17, 15) is 35.3 Å². The normalized spacial score (nSPS) is 18.1. The highest BCUT2D eigenvalue weighted by atomic mass is 31.2. The molecule has 12 heteroatoms. The number of hydrogen-bond donors (Lipinski definition) is 1. The standard InChI is InChI=1S/C10H16F7O4P/c1-3-4-5-20-22(18,19)21-7(2)6-8(11,12)9(13,14)10(15,16)17/h7H,3-6H2,1-2H3,(H,18,19). The number of phosphoric ester groups is 1. The predicted molar refractivity (Wildman–Crippen MR) is 61.8 cm³/mol. The molecule has 0 aliphatic heterocycles. The van der Waals surface area contributed by atoms with Gasteiger partial charge in [0.25, 0.3) is 0 Å². The summed E-state index contributed by atoms with van der Waals surface area (Å²) in [6.07, 6.45) is -9.73. The van der Waals surface area contributed by atoms with Crippen LogP contribution in [0.2, 0.25) is 0 Å². The molecule has 0 aromatic heterocycles. The first kappa shape index (κ1) is 21.6. The number of unbranched alkanes of at least 4 members (excludes halogenated alkanes) is 1. The molecule has 2 atom stereocenters. The quantitative estimate of drug-likeness (QED) is 0.371. The minimum absolute atomic E-state index is 0.258. The Morgan fingerprint density at radius 2 is 1.64 bits per heavy atom. The fraction of sp³-hybridized carbons (Fsp3) is 1.00. The van der Waals surface area contributed by atoms with Crippen molar-refractivity contribution >= 4 is 7.82 Å². The van der Waals surface area contributed by atoms with Gasteiger partial charge in [0, 0.05) is 6.42 Å². The topological polar surface area (TPSA) is 55.8 Å². The second-order valence-electron chi connectivity index (χ2n) is 4.55. The second-order valence-corrected chi connectivity index (χ2v) is 5.96. The van der Waals surface area contributed by atoms with Crippen LogP contribution in [0.15, 0.2) is 0 Å². The van der Waals surface area contributed by atoms with Gasteiger partial charge in [0.1, 0.15) is 0 Å². The molecule has 0 aromatic carbocycles. The first-order valence-corrected chi connectivity index (χ1v) is 7.64. The van der Waals surface area contributed by atoms with Crippen molar-refractivity contribution in [3.8, 4) is 0 Å². The Kier molecular flexibility index (Phi) is 7.33. The molecular weight excluding hydrogens is 348 g/mol. The minimum Gasteiger partial charge on any atom is -0.302 e. The van der Waals surface area contributed by atoms with Crippen LogP contribution in [0.4, 0.5) is 30.7 Å². The van der Waals surface area contributed by atoms with Crippen LogP contribution in [-0.2, 0) is 13.6 Å². The van der Waals surface area contributed by atoms with Crippen molar-refractivity contribution in [3.63, 3.8) is 0 Å². The van der Waals surface area contributed by atoms with Crippen LogP contribution < -0.4 is 0 Å². The van der Waals surface area contributed by atoms with Crippen LogP contribution in [0.3, 0.4) is 0 Å². The molecule has 0 amide bonds. The number of halogens is 7. The molecule has 0 radical (unpaired) electrons. The van der Waals surface area contributed by atoms with Gasteiger partial charge in [0.05, 0.1) is 12.7 Å². The molecule has 22 heavy (non-hydrogen) atoms. The highest BCUT2D eigenvalue weighted by Crippen LogP contribution is 2.51. The van der Waals surface area contributed by atoms with Crippen molar-refractivity contribution in [2.45, 2.75) is 57.2 Å². The molecule has 1 N–H and O–H groups in total. The van der Waals surface area contributed by atoms with E-state index in [0.29, 0.717) is 19.8 Å². The molecule has 0 rings (SSSR count). The van der Waals surface area contributed by atoms with Gasteiger partial charge in [-0.25, -0.2) is 4.57 Å². The van der Waals surface area contributed by atoms with Crippen molar-refractivity contribution in [3.05, 3.63) is 0 Å². The summed E-state index contributed by atoms with van der Waals surface area (Å²) in [5, 5.41) is 0. The van der Waals surface area contributed by atoms with Crippen LogP contribution in [-0.4, -0.2) is 35.6 Å². The zero-order valence-electron chi connectivity index (χ0n) is 11.7. The highest BCUT2D eigenvalue weighted by molar-refractivity contribution is 7.47. The van der Waals surface area contributed by atoms with Crippen molar-refractivity contribution in [1.29, 1.82) is 0 Å². The van der Waals surface area contributed by atoms with Crippen molar-refractivity contribution in [2.75, 3.05) is 6.61 Å². The molecule has 0 saturated heterocycles. The average molecular weight is 364 g/mol. The lowest BCUT2D eigenvalue weighted by molar-refractivity contribution is -0.357. The molecule has 134 valence electrons.